The average Bonchev–Trinajstić information content (AvgIpc) is 2.68. The van der Waals surface area contributed by atoms with Gasteiger partial charge in [0.25, 0.3) is 0 Å². The number of hydrogen-bond donors (Lipinski definition) is 1. The number of nitrogens with two attached hydrogens (primary N) is 1. The van der Waals surface area contributed by atoms with Gasteiger partial charge in [-0.25, -0.2) is 0 Å². The van der Waals surface area contributed by atoms with E-state index in [2.05, 4.69) is 40.7 Å². The summed E-state index contributed by atoms with van der Waals surface area (Å²) in [7, 11) is 1.70. The van der Waals surface area contributed by atoms with Crippen molar-refractivity contribution in [1.29, 1.82) is 0 Å². The second-order valence-corrected chi connectivity index (χ2v) is 7.26. The lowest BCUT2D eigenvalue weighted by Gasteiger charge is -2.43. The van der Waals surface area contributed by atoms with Crippen molar-refractivity contribution in [2.75, 3.05) is 63.6 Å². The summed E-state index contributed by atoms with van der Waals surface area (Å²) in [6, 6.07) is 4.97. The number of likely N-dealkylation sites (N-methyl/N-ethyl adjacent to an activating group) is 1. The van der Waals surface area contributed by atoms with Gasteiger partial charge in [-0.15, -0.1) is 0 Å². The highest BCUT2D eigenvalue weighted by molar-refractivity contribution is 5.67. The SMILES string of the molecule is CCc1cc(N)c(OC)cc1N1CCC(N2CCN(CC)CC2)CC1. The second kappa shape index (κ2) is 8.28. The summed E-state index contributed by atoms with van der Waals surface area (Å²) in [6.45, 7) is 12.8. The van der Waals surface area contributed by atoms with E-state index in [4.69, 9.17) is 10.5 Å². The van der Waals surface area contributed by atoms with E-state index in [0.717, 1.165) is 37.0 Å². The van der Waals surface area contributed by atoms with E-state index in [0.29, 0.717) is 0 Å². The molecule has 0 amide bonds. The summed E-state index contributed by atoms with van der Waals surface area (Å²) in [5.74, 6) is 0.796. The summed E-state index contributed by atoms with van der Waals surface area (Å²) >= 11 is 0. The van der Waals surface area contributed by atoms with Crippen LogP contribution >= 0.6 is 0 Å². The van der Waals surface area contributed by atoms with Gasteiger partial charge in [-0.1, -0.05) is 13.8 Å². The maximum Gasteiger partial charge on any atom is 0.143 e. The van der Waals surface area contributed by atoms with Crippen LogP contribution in [0.2, 0.25) is 0 Å². The number of rotatable bonds is 5. The molecule has 5 heteroatoms. The highest BCUT2D eigenvalue weighted by atomic mass is 16.5. The largest absolute Gasteiger partial charge is 0.495 e. The van der Waals surface area contributed by atoms with Crippen molar-refractivity contribution >= 4 is 11.4 Å². The zero-order valence-electron chi connectivity index (χ0n) is 16.1. The van der Waals surface area contributed by atoms with Gasteiger partial charge in [0.1, 0.15) is 5.75 Å². The number of piperidine rings is 1. The minimum absolute atomic E-state index is 0.742. The van der Waals surface area contributed by atoms with Crippen LogP contribution in [0.15, 0.2) is 12.1 Å². The number of piperazine rings is 1. The predicted octanol–water partition coefficient (Wildman–Crippen LogP) is 2.45. The zero-order valence-corrected chi connectivity index (χ0v) is 16.1. The molecule has 2 aliphatic rings. The molecule has 25 heavy (non-hydrogen) atoms. The number of nitrogen functional groups attached to an aromatic ring is 1. The Labute approximate surface area is 152 Å². The fraction of sp³-hybridized carbons (Fsp3) is 0.700. The molecule has 0 aliphatic carbocycles. The quantitative estimate of drug-likeness (QED) is 0.830. The summed E-state index contributed by atoms with van der Waals surface area (Å²) < 4.78 is 5.45. The molecular formula is C20H34N4O. The number of hydrogen-bond acceptors (Lipinski definition) is 5. The van der Waals surface area contributed by atoms with Gasteiger partial charge in [0.2, 0.25) is 0 Å². The van der Waals surface area contributed by atoms with Crippen molar-refractivity contribution < 1.29 is 4.74 Å². The highest BCUT2D eigenvalue weighted by Crippen LogP contribution is 2.34. The molecule has 0 unspecified atom stereocenters. The molecule has 2 aliphatic heterocycles. The van der Waals surface area contributed by atoms with E-state index in [1.54, 1.807) is 7.11 Å². The maximum absolute atomic E-state index is 6.09. The van der Waals surface area contributed by atoms with Crippen molar-refractivity contribution in [3.63, 3.8) is 0 Å². The Balaban J connectivity index is 1.62. The van der Waals surface area contributed by atoms with Gasteiger partial charge in [-0.3, -0.25) is 4.90 Å². The molecule has 0 atom stereocenters. The Morgan fingerprint density at radius 2 is 1.72 bits per heavy atom. The van der Waals surface area contributed by atoms with E-state index < -0.39 is 0 Å². The number of aryl methyl sites for hydroxylation is 1. The molecule has 0 bridgehead atoms. The van der Waals surface area contributed by atoms with Crippen LogP contribution in [-0.2, 0) is 6.42 Å². The third-order valence-electron chi connectivity index (χ3n) is 5.99. The van der Waals surface area contributed by atoms with Crippen LogP contribution in [0, 0.1) is 0 Å². The first-order chi connectivity index (χ1) is 12.2. The van der Waals surface area contributed by atoms with Crippen LogP contribution < -0.4 is 15.4 Å². The van der Waals surface area contributed by atoms with Crippen LogP contribution in [0.3, 0.4) is 0 Å². The number of nitrogens with zero attached hydrogens (tertiary/aromatic N) is 3. The molecule has 0 aromatic heterocycles. The summed E-state index contributed by atoms with van der Waals surface area (Å²) in [5, 5.41) is 0. The molecule has 2 N–H and O–H groups in total. The molecule has 1 aromatic carbocycles. The van der Waals surface area contributed by atoms with Crippen LogP contribution in [0.1, 0.15) is 32.3 Å². The van der Waals surface area contributed by atoms with Gasteiger partial charge >= 0.3 is 0 Å². The molecule has 0 spiro atoms. The van der Waals surface area contributed by atoms with Crippen molar-refractivity contribution in [1.82, 2.24) is 9.80 Å². The Morgan fingerprint density at radius 3 is 2.28 bits per heavy atom. The molecule has 140 valence electrons. The van der Waals surface area contributed by atoms with Crippen molar-refractivity contribution in [3.8, 4) is 5.75 Å². The summed E-state index contributed by atoms with van der Waals surface area (Å²) in [6.07, 6.45) is 3.51. The Kier molecular flexibility index (Phi) is 6.07. The van der Waals surface area contributed by atoms with Crippen LogP contribution in [0.5, 0.6) is 5.75 Å². The second-order valence-electron chi connectivity index (χ2n) is 7.26. The van der Waals surface area contributed by atoms with Crippen LogP contribution in [0.4, 0.5) is 11.4 Å². The normalized spacial score (nSPS) is 20.8. The van der Waals surface area contributed by atoms with E-state index in [9.17, 15) is 0 Å². The Hall–Kier alpha value is -1.46. The van der Waals surface area contributed by atoms with Crippen LogP contribution in [0.25, 0.3) is 0 Å². The lowest BCUT2D eigenvalue weighted by atomic mass is 9.99. The maximum atomic E-state index is 6.09. The Morgan fingerprint density at radius 1 is 1.04 bits per heavy atom. The minimum Gasteiger partial charge on any atom is -0.495 e. The number of benzene rings is 1. The third kappa shape index (κ3) is 4.04. The number of anilines is 2. The molecule has 5 nitrogen and oxygen atoms in total. The molecule has 2 heterocycles. The Bertz CT molecular complexity index is 561. The van der Waals surface area contributed by atoms with Gasteiger partial charge in [-0.2, -0.15) is 0 Å². The first-order valence-electron chi connectivity index (χ1n) is 9.84. The topological polar surface area (TPSA) is 45.0 Å². The fourth-order valence-electron chi connectivity index (χ4n) is 4.30. The molecule has 0 saturated carbocycles. The van der Waals surface area contributed by atoms with Gasteiger partial charge in [0.15, 0.2) is 0 Å². The molecule has 2 saturated heterocycles. The smallest absolute Gasteiger partial charge is 0.143 e. The summed E-state index contributed by atoms with van der Waals surface area (Å²) in [5.41, 5.74) is 9.47. The zero-order chi connectivity index (χ0) is 17.8. The van der Waals surface area contributed by atoms with E-state index in [1.807, 2.05) is 0 Å². The first-order valence-corrected chi connectivity index (χ1v) is 9.84. The van der Waals surface area contributed by atoms with Crippen molar-refractivity contribution in [3.05, 3.63) is 17.7 Å². The van der Waals surface area contributed by atoms with E-state index >= 15 is 0 Å². The highest BCUT2D eigenvalue weighted by Gasteiger charge is 2.28. The number of ether oxygens (including phenoxy) is 1. The van der Waals surface area contributed by atoms with Gasteiger partial charge in [0, 0.05) is 57.1 Å². The van der Waals surface area contributed by atoms with E-state index in [1.165, 1.54) is 56.8 Å². The third-order valence-corrected chi connectivity index (χ3v) is 5.99. The standard InChI is InChI=1S/C20H34N4O/c1-4-16-14-18(21)20(25-3)15-19(16)24-8-6-17(7-9-24)23-12-10-22(5-2)11-13-23/h14-15,17H,4-13,21H2,1-3H3. The van der Waals surface area contributed by atoms with Crippen LogP contribution in [-0.4, -0.2) is 68.8 Å². The van der Waals surface area contributed by atoms with Crippen molar-refractivity contribution in [2.45, 2.75) is 39.2 Å². The predicted molar refractivity (Wildman–Crippen MR) is 106 cm³/mol. The molecule has 3 rings (SSSR count). The average molecular weight is 347 g/mol. The number of methoxy groups -OCH3 is 1. The molecule has 2 fully saturated rings. The van der Waals surface area contributed by atoms with Gasteiger partial charge in [0.05, 0.1) is 12.8 Å². The van der Waals surface area contributed by atoms with Gasteiger partial charge in [-0.05, 0) is 37.4 Å². The van der Waals surface area contributed by atoms with Crippen molar-refractivity contribution in [2.24, 2.45) is 0 Å². The summed E-state index contributed by atoms with van der Waals surface area (Å²) in [4.78, 5) is 7.80. The minimum atomic E-state index is 0.742. The molecular weight excluding hydrogens is 312 g/mol. The molecule has 1 aromatic rings. The fourth-order valence-corrected chi connectivity index (χ4v) is 4.30. The lowest BCUT2D eigenvalue weighted by molar-refractivity contribution is 0.0878. The van der Waals surface area contributed by atoms with E-state index in [-0.39, 0.29) is 0 Å². The lowest BCUT2D eigenvalue weighted by Crippen LogP contribution is -2.53. The van der Waals surface area contributed by atoms with Gasteiger partial charge < -0.3 is 20.3 Å². The molecule has 0 radical (unpaired) electrons. The first kappa shape index (κ1) is 18.3. The monoisotopic (exact) mass is 346 g/mol.